The van der Waals surface area contributed by atoms with Crippen LogP contribution in [-0.4, -0.2) is 36.8 Å². The van der Waals surface area contributed by atoms with E-state index in [1.807, 2.05) is 23.1 Å². The molecule has 1 aliphatic heterocycles. The van der Waals surface area contributed by atoms with E-state index in [1.54, 1.807) is 25.3 Å². The molecule has 2 aromatic rings. The average Bonchev–Trinajstić information content (AvgIpc) is 2.72. The smallest absolute Gasteiger partial charge is 0.254 e. The van der Waals surface area contributed by atoms with Crippen LogP contribution in [0.25, 0.3) is 0 Å². The molecular weight excluding hydrogens is 338 g/mol. The number of ether oxygens (including phenoxy) is 1. The zero-order valence-electron chi connectivity index (χ0n) is 16.1. The van der Waals surface area contributed by atoms with Crippen LogP contribution in [0.3, 0.4) is 0 Å². The number of carbonyl (C=O) groups is 2. The van der Waals surface area contributed by atoms with Gasteiger partial charge in [0.1, 0.15) is 5.75 Å². The Hall–Kier alpha value is -2.62. The van der Waals surface area contributed by atoms with Crippen LogP contribution < -0.4 is 4.74 Å². The molecule has 0 N–H and O–H groups in total. The standard InChI is InChI=1S/C23H27NO3/c1-17(25)21-10-3-4-11-22(21)23(26)24-14-6-8-19(16-24)13-12-18-7-5-9-20(15-18)27-2/h3-5,7,9-11,15,19H,6,8,12-14,16H2,1-2H3/t19-/m1/s1. The monoisotopic (exact) mass is 365 g/mol. The highest BCUT2D eigenvalue weighted by Crippen LogP contribution is 2.25. The maximum absolute atomic E-state index is 13.0. The predicted octanol–water partition coefficient (Wildman–Crippen LogP) is 4.38. The first-order valence-electron chi connectivity index (χ1n) is 9.60. The number of likely N-dealkylation sites (tertiary alicyclic amines) is 1. The second kappa shape index (κ2) is 8.85. The van der Waals surface area contributed by atoms with Gasteiger partial charge < -0.3 is 9.64 Å². The summed E-state index contributed by atoms with van der Waals surface area (Å²) in [5, 5.41) is 0. The zero-order valence-corrected chi connectivity index (χ0v) is 16.1. The van der Waals surface area contributed by atoms with Gasteiger partial charge in [-0.3, -0.25) is 9.59 Å². The number of amides is 1. The van der Waals surface area contributed by atoms with Crippen molar-refractivity contribution in [1.29, 1.82) is 0 Å². The Kier molecular flexibility index (Phi) is 6.28. The largest absolute Gasteiger partial charge is 0.497 e. The van der Waals surface area contributed by atoms with Crippen molar-refractivity contribution in [3.05, 3.63) is 65.2 Å². The molecule has 4 nitrogen and oxygen atoms in total. The molecule has 0 spiro atoms. The number of carbonyl (C=O) groups excluding carboxylic acids is 2. The number of Topliss-reactive ketones (excluding diaryl/α,β-unsaturated/α-hetero) is 1. The van der Waals surface area contributed by atoms with Crippen molar-refractivity contribution in [2.75, 3.05) is 20.2 Å². The van der Waals surface area contributed by atoms with E-state index in [2.05, 4.69) is 12.1 Å². The fourth-order valence-electron chi connectivity index (χ4n) is 3.83. The van der Waals surface area contributed by atoms with Gasteiger partial charge in [0.25, 0.3) is 5.91 Å². The molecule has 0 aliphatic carbocycles. The molecule has 1 aliphatic rings. The first-order valence-corrected chi connectivity index (χ1v) is 9.60. The van der Waals surface area contributed by atoms with Gasteiger partial charge in [0.05, 0.1) is 12.7 Å². The topological polar surface area (TPSA) is 46.6 Å². The second-order valence-corrected chi connectivity index (χ2v) is 7.25. The van der Waals surface area contributed by atoms with E-state index in [9.17, 15) is 9.59 Å². The molecule has 142 valence electrons. The van der Waals surface area contributed by atoms with Gasteiger partial charge in [-0.25, -0.2) is 0 Å². The fourth-order valence-corrected chi connectivity index (χ4v) is 3.83. The lowest BCUT2D eigenvalue weighted by atomic mass is 9.91. The van der Waals surface area contributed by atoms with Gasteiger partial charge in [-0.15, -0.1) is 0 Å². The highest BCUT2D eigenvalue weighted by molar-refractivity contribution is 6.07. The summed E-state index contributed by atoms with van der Waals surface area (Å²) < 4.78 is 5.29. The van der Waals surface area contributed by atoms with Gasteiger partial charge in [0.15, 0.2) is 5.78 Å². The van der Waals surface area contributed by atoms with E-state index in [0.717, 1.165) is 44.5 Å². The summed E-state index contributed by atoms with van der Waals surface area (Å²) in [6, 6.07) is 15.3. The van der Waals surface area contributed by atoms with Gasteiger partial charge in [-0.1, -0.05) is 30.3 Å². The highest BCUT2D eigenvalue weighted by Gasteiger charge is 2.26. The Labute approximate surface area is 161 Å². The van der Waals surface area contributed by atoms with Gasteiger partial charge in [-0.05, 0) is 62.3 Å². The van der Waals surface area contributed by atoms with Crippen molar-refractivity contribution in [2.45, 2.75) is 32.6 Å². The van der Waals surface area contributed by atoms with Crippen LogP contribution >= 0.6 is 0 Å². The molecule has 0 bridgehead atoms. The van der Waals surface area contributed by atoms with Crippen LogP contribution in [0.4, 0.5) is 0 Å². The quantitative estimate of drug-likeness (QED) is 0.714. The van der Waals surface area contributed by atoms with Crippen LogP contribution in [0.1, 0.15) is 52.5 Å². The predicted molar refractivity (Wildman–Crippen MR) is 106 cm³/mol. The molecule has 1 amide bonds. The number of benzene rings is 2. The molecule has 3 rings (SSSR count). The van der Waals surface area contributed by atoms with Crippen molar-refractivity contribution in [2.24, 2.45) is 5.92 Å². The summed E-state index contributed by atoms with van der Waals surface area (Å²) in [6.07, 6.45) is 4.18. The third-order valence-corrected chi connectivity index (χ3v) is 5.32. The van der Waals surface area contributed by atoms with Gasteiger partial charge in [0, 0.05) is 18.7 Å². The summed E-state index contributed by atoms with van der Waals surface area (Å²) in [6.45, 7) is 3.04. The Bertz CT molecular complexity index is 815. The summed E-state index contributed by atoms with van der Waals surface area (Å²) in [4.78, 5) is 26.8. The minimum absolute atomic E-state index is 0.0214. The first-order chi connectivity index (χ1) is 13.1. The van der Waals surface area contributed by atoms with Gasteiger partial charge in [0.2, 0.25) is 0 Å². The SMILES string of the molecule is COc1cccc(CC[C@H]2CCCN(C(=O)c3ccccc3C(C)=O)C2)c1. The van der Waals surface area contributed by atoms with E-state index in [-0.39, 0.29) is 11.7 Å². The molecule has 1 heterocycles. The van der Waals surface area contributed by atoms with E-state index < -0.39 is 0 Å². The van der Waals surface area contributed by atoms with Crippen LogP contribution in [0.5, 0.6) is 5.75 Å². The van der Waals surface area contributed by atoms with Crippen molar-refractivity contribution >= 4 is 11.7 Å². The Morgan fingerprint density at radius 2 is 1.89 bits per heavy atom. The zero-order chi connectivity index (χ0) is 19.2. The van der Waals surface area contributed by atoms with Crippen LogP contribution in [0.2, 0.25) is 0 Å². The van der Waals surface area contributed by atoms with Crippen LogP contribution in [-0.2, 0) is 6.42 Å². The average molecular weight is 365 g/mol. The van der Waals surface area contributed by atoms with Gasteiger partial charge in [-0.2, -0.15) is 0 Å². The van der Waals surface area contributed by atoms with E-state index in [0.29, 0.717) is 17.0 Å². The normalized spacial score (nSPS) is 16.8. The third-order valence-electron chi connectivity index (χ3n) is 5.32. The molecule has 1 saturated heterocycles. The lowest BCUT2D eigenvalue weighted by Crippen LogP contribution is -2.40. The summed E-state index contributed by atoms with van der Waals surface area (Å²) >= 11 is 0. The number of hydrogen-bond acceptors (Lipinski definition) is 3. The summed E-state index contributed by atoms with van der Waals surface area (Å²) in [5.74, 6) is 1.28. The number of ketones is 1. The number of aryl methyl sites for hydroxylation is 1. The summed E-state index contributed by atoms with van der Waals surface area (Å²) in [5.41, 5.74) is 2.30. The molecule has 0 unspecified atom stereocenters. The molecule has 2 aromatic carbocycles. The number of nitrogens with zero attached hydrogens (tertiary/aromatic N) is 1. The van der Waals surface area contributed by atoms with Crippen molar-refractivity contribution < 1.29 is 14.3 Å². The molecule has 0 saturated carbocycles. The van der Waals surface area contributed by atoms with Crippen molar-refractivity contribution in [3.63, 3.8) is 0 Å². The van der Waals surface area contributed by atoms with Crippen molar-refractivity contribution in [3.8, 4) is 5.75 Å². The molecule has 0 aromatic heterocycles. The number of methoxy groups -OCH3 is 1. The Balaban J connectivity index is 1.64. The maximum Gasteiger partial charge on any atom is 0.254 e. The molecule has 0 radical (unpaired) electrons. The minimum atomic E-state index is -0.0643. The minimum Gasteiger partial charge on any atom is -0.497 e. The fraction of sp³-hybridized carbons (Fsp3) is 0.391. The van der Waals surface area contributed by atoms with Gasteiger partial charge >= 0.3 is 0 Å². The van der Waals surface area contributed by atoms with Crippen LogP contribution in [0, 0.1) is 5.92 Å². The van der Waals surface area contributed by atoms with E-state index >= 15 is 0 Å². The number of rotatable bonds is 6. The molecule has 1 atom stereocenters. The lowest BCUT2D eigenvalue weighted by molar-refractivity contribution is 0.0665. The number of hydrogen-bond donors (Lipinski definition) is 0. The first kappa shape index (κ1) is 19.2. The second-order valence-electron chi connectivity index (χ2n) is 7.25. The van der Waals surface area contributed by atoms with E-state index in [4.69, 9.17) is 4.74 Å². The third kappa shape index (κ3) is 4.76. The molecular formula is C23H27NO3. The Morgan fingerprint density at radius 1 is 1.11 bits per heavy atom. The molecule has 27 heavy (non-hydrogen) atoms. The number of piperidine rings is 1. The van der Waals surface area contributed by atoms with Crippen LogP contribution in [0.15, 0.2) is 48.5 Å². The molecule has 4 heteroatoms. The summed E-state index contributed by atoms with van der Waals surface area (Å²) in [7, 11) is 1.68. The lowest BCUT2D eigenvalue weighted by Gasteiger charge is -2.33. The van der Waals surface area contributed by atoms with E-state index in [1.165, 1.54) is 12.5 Å². The maximum atomic E-state index is 13.0. The Morgan fingerprint density at radius 3 is 2.63 bits per heavy atom. The molecule has 1 fully saturated rings. The van der Waals surface area contributed by atoms with Crippen molar-refractivity contribution in [1.82, 2.24) is 4.90 Å². The highest BCUT2D eigenvalue weighted by atomic mass is 16.5.